The fourth-order valence-corrected chi connectivity index (χ4v) is 4.41. The molecule has 4 rings (SSSR count). The van der Waals surface area contributed by atoms with Gasteiger partial charge in [-0.05, 0) is 82.0 Å². The zero-order valence-electron chi connectivity index (χ0n) is 18.0. The molecule has 0 spiro atoms. The van der Waals surface area contributed by atoms with E-state index in [0.717, 1.165) is 22.4 Å². The van der Waals surface area contributed by atoms with Crippen molar-refractivity contribution in [1.29, 1.82) is 0 Å². The number of halogens is 4. The molecule has 5 nitrogen and oxygen atoms in total. The molecule has 0 aliphatic carbocycles. The average molecular weight is 580 g/mol. The largest absolute Gasteiger partial charge is 0.489 e. The molecule has 0 saturated heterocycles. The average Bonchev–Trinajstić information content (AvgIpc) is 3.14. The van der Waals surface area contributed by atoms with Crippen molar-refractivity contribution in [2.75, 3.05) is 5.32 Å². The number of amides is 1. The van der Waals surface area contributed by atoms with Crippen molar-refractivity contribution in [2.24, 2.45) is 0 Å². The summed E-state index contributed by atoms with van der Waals surface area (Å²) in [5, 5.41) is 9.09. The molecular weight excluding hydrogens is 561 g/mol. The van der Waals surface area contributed by atoms with Gasteiger partial charge in [0.1, 0.15) is 12.4 Å². The zero-order valence-corrected chi connectivity index (χ0v) is 21.8. The zero-order chi connectivity index (χ0) is 24.2. The summed E-state index contributed by atoms with van der Waals surface area (Å²) in [7, 11) is 0. The number of nitrogens with one attached hydrogen (secondary N) is 1. The molecule has 34 heavy (non-hydrogen) atoms. The molecule has 0 fully saturated rings. The van der Waals surface area contributed by atoms with E-state index in [9.17, 15) is 4.79 Å². The second-order valence-electron chi connectivity index (χ2n) is 7.61. The van der Waals surface area contributed by atoms with E-state index < -0.39 is 0 Å². The first-order valence-corrected chi connectivity index (χ1v) is 12.2. The minimum atomic E-state index is -0.278. The minimum Gasteiger partial charge on any atom is -0.489 e. The van der Waals surface area contributed by atoms with Crippen LogP contribution < -0.4 is 10.1 Å². The van der Waals surface area contributed by atoms with E-state index in [4.69, 9.17) is 39.5 Å². The first-order valence-electron chi connectivity index (χ1n) is 10.2. The SMILES string of the molecule is Cc1cc(Cl)ccc1OCc1cccc(C(=O)Nc2nn(Cc3ccc(Cl)cc3Cl)cc2Br)c1. The molecular formula is C25H19BrCl3N3O2. The van der Waals surface area contributed by atoms with Gasteiger partial charge in [0.2, 0.25) is 0 Å². The number of carbonyl (C=O) groups is 1. The number of hydrogen-bond acceptors (Lipinski definition) is 3. The van der Waals surface area contributed by atoms with Crippen LogP contribution in [-0.2, 0) is 13.2 Å². The number of anilines is 1. The highest BCUT2D eigenvalue weighted by atomic mass is 79.9. The highest BCUT2D eigenvalue weighted by Gasteiger charge is 2.14. The summed E-state index contributed by atoms with van der Waals surface area (Å²) in [5.41, 5.74) is 3.17. The highest BCUT2D eigenvalue weighted by molar-refractivity contribution is 9.10. The highest BCUT2D eigenvalue weighted by Crippen LogP contribution is 2.26. The predicted molar refractivity (Wildman–Crippen MR) is 140 cm³/mol. The van der Waals surface area contributed by atoms with Crippen molar-refractivity contribution in [1.82, 2.24) is 9.78 Å². The Balaban J connectivity index is 1.42. The number of aryl methyl sites for hydroxylation is 1. The van der Waals surface area contributed by atoms with E-state index in [-0.39, 0.29) is 5.91 Å². The summed E-state index contributed by atoms with van der Waals surface area (Å²) in [6.45, 7) is 2.69. The molecule has 1 heterocycles. The van der Waals surface area contributed by atoms with Crippen molar-refractivity contribution >= 4 is 62.5 Å². The number of benzene rings is 3. The van der Waals surface area contributed by atoms with Crippen LogP contribution in [0.1, 0.15) is 27.0 Å². The number of ether oxygens (including phenoxy) is 1. The molecule has 1 N–H and O–H groups in total. The minimum absolute atomic E-state index is 0.278. The van der Waals surface area contributed by atoms with Crippen LogP contribution in [0.5, 0.6) is 5.75 Å². The first-order chi connectivity index (χ1) is 16.3. The molecule has 0 saturated carbocycles. The lowest BCUT2D eigenvalue weighted by molar-refractivity contribution is 0.102. The smallest absolute Gasteiger partial charge is 0.256 e. The third-order valence-corrected chi connectivity index (χ3v) is 6.42. The number of aromatic nitrogens is 2. The Morgan fingerprint density at radius 2 is 1.82 bits per heavy atom. The maximum Gasteiger partial charge on any atom is 0.256 e. The van der Waals surface area contributed by atoms with E-state index in [2.05, 4.69) is 26.3 Å². The molecule has 0 aliphatic heterocycles. The van der Waals surface area contributed by atoms with E-state index in [1.807, 2.05) is 37.3 Å². The number of nitrogens with zero attached hydrogens (tertiary/aromatic N) is 2. The van der Waals surface area contributed by atoms with Crippen molar-refractivity contribution < 1.29 is 9.53 Å². The second kappa shape index (κ2) is 10.8. The first kappa shape index (κ1) is 24.6. The lowest BCUT2D eigenvalue weighted by Crippen LogP contribution is -2.13. The summed E-state index contributed by atoms with van der Waals surface area (Å²) in [6, 6.07) is 18.0. The Morgan fingerprint density at radius 1 is 1.06 bits per heavy atom. The van der Waals surface area contributed by atoms with Gasteiger partial charge in [0.25, 0.3) is 5.91 Å². The van der Waals surface area contributed by atoms with Gasteiger partial charge in [-0.2, -0.15) is 5.10 Å². The van der Waals surface area contributed by atoms with Crippen molar-refractivity contribution in [3.63, 3.8) is 0 Å². The summed E-state index contributed by atoms with van der Waals surface area (Å²) in [5.74, 6) is 0.878. The number of rotatable bonds is 7. The van der Waals surface area contributed by atoms with Crippen molar-refractivity contribution in [3.8, 4) is 5.75 Å². The Morgan fingerprint density at radius 3 is 2.59 bits per heavy atom. The molecule has 0 bridgehead atoms. The number of hydrogen-bond donors (Lipinski definition) is 1. The fourth-order valence-electron chi connectivity index (χ4n) is 3.31. The quantitative estimate of drug-likeness (QED) is 0.243. The molecule has 0 atom stereocenters. The van der Waals surface area contributed by atoms with Gasteiger partial charge in [0, 0.05) is 26.8 Å². The Labute approximate surface area is 220 Å². The molecule has 0 unspecified atom stereocenters. The van der Waals surface area contributed by atoms with Crippen LogP contribution in [0.2, 0.25) is 15.1 Å². The van der Waals surface area contributed by atoms with Gasteiger partial charge in [-0.25, -0.2) is 0 Å². The maximum absolute atomic E-state index is 12.9. The summed E-state index contributed by atoms with van der Waals surface area (Å²) >= 11 is 21.7. The lowest BCUT2D eigenvalue weighted by Gasteiger charge is -2.10. The van der Waals surface area contributed by atoms with Gasteiger partial charge in [-0.1, -0.05) is 53.0 Å². The molecule has 3 aromatic carbocycles. The predicted octanol–water partition coefficient (Wildman–Crippen LogP) is 7.79. The van der Waals surface area contributed by atoms with Crippen LogP contribution in [0.25, 0.3) is 0 Å². The third-order valence-electron chi connectivity index (χ3n) is 5.02. The fraction of sp³-hybridized carbons (Fsp3) is 0.120. The van der Waals surface area contributed by atoms with Crippen LogP contribution >= 0.6 is 50.7 Å². The molecule has 0 aliphatic rings. The second-order valence-corrected chi connectivity index (χ2v) is 9.75. The van der Waals surface area contributed by atoms with Gasteiger partial charge in [0.15, 0.2) is 5.82 Å². The molecule has 4 aromatic rings. The van der Waals surface area contributed by atoms with Gasteiger partial charge in [-0.15, -0.1) is 0 Å². The van der Waals surface area contributed by atoms with Gasteiger partial charge >= 0.3 is 0 Å². The van der Waals surface area contributed by atoms with Crippen molar-refractivity contribution in [2.45, 2.75) is 20.1 Å². The summed E-state index contributed by atoms with van der Waals surface area (Å²) in [4.78, 5) is 12.9. The molecule has 0 radical (unpaired) electrons. The normalized spacial score (nSPS) is 10.9. The van der Waals surface area contributed by atoms with E-state index in [1.165, 1.54) is 0 Å². The topological polar surface area (TPSA) is 56.1 Å². The molecule has 1 amide bonds. The standard InChI is InChI=1S/C25H19BrCl3N3O2/c1-15-9-19(27)7-8-23(15)34-14-16-3-2-4-17(10-16)25(33)30-24-21(26)13-32(31-24)12-18-5-6-20(28)11-22(18)29/h2-11,13H,12,14H2,1H3,(H,30,31,33). The number of carbonyl (C=O) groups excluding carboxylic acids is 1. The Kier molecular flexibility index (Phi) is 7.84. The molecule has 174 valence electrons. The van der Waals surface area contributed by atoms with Gasteiger partial charge in [0.05, 0.1) is 11.0 Å². The van der Waals surface area contributed by atoms with Crippen LogP contribution in [-0.4, -0.2) is 15.7 Å². The molecule has 1 aromatic heterocycles. The van der Waals surface area contributed by atoms with E-state index >= 15 is 0 Å². The van der Waals surface area contributed by atoms with Crippen molar-refractivity contribution in [3.05, 3.63) is 109 Å². The Hall–Kier alpha value is -2.51. The molecule has 9 heteroatoms. The van der Waals surface area contributed by atoms with Gasteiger partial charge < -0.3 is 10.1 Å². The Bertz CT molecular complexity index is 1360. The third kappa shape index (κ3) is 6.13. The van der Waals surface area contributed by atoms with E-state index in [1.54, 1.807) is 41.2 Å². The maximum atomic E-state index is 12.9. The summed E-state index contributed by atoms with van der Waals surface area (Å²) < 4.78 is 8.24. The van der Waals surface area contributed by atoms with Gasteiger partial charge in [-0.3, -0.25) is 9.48 Å². The van der Waals surface area contributed by atoms with Crippen LogP contribution in [0.15, 0.2) is 71.3 Å². The van der Waals surface area contributed by atoms with Crippen LogP contribution in [0.4, 0.5) is 5.82 Å². The van der Waals surface area contributed by atoms with Crippen LogP contribution in [0.3, 0.4) is 0 Å². The monoisotopic (exact) mass is 577 g/mol. The summed E-state index contributed by atoms with van der Waals surface area (Å²) in [6.07, 6.45) is 1.78. The van der Waals surface area contributed by atoms with Crippen LogP contribution in [0, 0.1) is 6.92 Å². The lowest BCUT2D eigenvalue weighted by atomic mass is 10.1. The van der Waals surface area contributed by atoms with E-state index in [0.29, 0.717) is 44.1 Å².